The van der Waals surface area contributed by atoms with Gasteiger partial charge in [-0.25, -0.2) is 8.42 Å². The molecule has 3 fully saturated rings. The number of hydrogen-bond donors (Lipinski definition) is 1. The molecular weight excluding hydrogens is 394 g/mol. The van der Waals surface area contributed by atoms with E-state index in [4.69, 9.17) is 10.3 Å². The Morgan fingerprint density at radius 2 is 2.17 bits per heavy atom. The van der Waals surface area contributed by atoms with Gasteiger partial charge in [-0.3, -0.25) is 4.79 Å². The summed E-state index contributed by atoms with van der Waals surface area (Å²) >= 11 is 0. The average molecular weight is 420 g/mol. The molecule has 0 radical (unpaired) electrons. The van der Waals surface area contributed by atoms with Crippen molar-refractivity contribution in [1.29, 1.82) is 0 Å². The largest absolute Gasteiger partial charge is 0.364 e. The number of sulfonamides is 1. The molecule has 5 rings (SSSR count). The van der Waals surface area contributed by atoms with Crippen LogP contribution in [0.15, 0.2) is 21.7 Å². The van der Waals surface area contributed by atoms with E-state index in [1.807, 2.05) is 0 Å². The molecule has 0 spiro atoms. The summed E-state index contributed by atoms with van der Waals surface area (Å²) in [6.07, 6.45) is 7.52. The van der Waals surface area contributed by atoms with Gasteiger partial charge >= 0.3 is 0 Å². The average Bonchev–Trinajstić information content (AvgIpc) is 3.05. The normalized spacial score (nSPS) is 27.4. The maximum atomic E-state index is 13.3. The van der Waals surface area contributed by atoms with Crippen LogP contribution < -0.4 is 5.73 Å². The Hall–Kier alpha value is -2.20. The minimum atomic E-state index is -3.75. The van der Waals surface area contributed by atoms with Crippen LogP contribution in [-0.2, 0) is 28.9 Å². The number of hydrogen-bond acceptors (Lipinski definition) is 6. The van der Waals surface area contributed by atoms with Gasteiger partial charge in [-0.1, -0.05) is 11.6 Å². The quantitative estimate of drug-likeness (QED) is 0.750. The van der Waals surface area contributed by atoms with Crippen LogP contribution >= 0.6 is 0 Å². The molecule has 1 aliphatic heterocycles. The molecule has 2 aromatic rings. The first-order chi connectivity index (χ1) is 13.8. The lowest BCUT2D eigenvalue weighted by molar-refractivity contribution is 0.0992. The molecule has 9 nitrogen and oxygen atoms in total. The Kier molecular flexibility index (Phi) is 4.15. The number of carbonyl (C=O) groups excluding carboxylic acids is 1. The topological polar surface area (TPSA) is 124 Å². The molecular formula is C19H25N5O4S. The first-order valence-electron chi connectivity index (χ1n) is 10.1. The summed E-state index contributed by atoms with van der Waals surface area (Å²) in [6, 6.07) is 1.35. The van der Waals surface area contributed by atoms with Crippen LogP contribution in [0, 0.1) is 11.8 Å². The van der Waals surface area contributed by atoms with Gasteiger partial charge in [-0.15, -0.1) is 0 Å². The van der Waals surface area contributed by atoms with Gasteiger partial charge in [0.2, 0.25) is 15.9 Å². The van der Waals surface area contributed by atoms with Crippen LogP contribution in [0.3, 0.4) is 0 Å². The molecule has 1 saturated heterocycles. The smallest absolute Gasteiger partial charge is 0.265 e. The maximum absolute atomic E-state index is 13.3. The molecule has 2 atom stereocenters. The summed E-state index contributed by atoms with van der Waals surface area (Å²) in [5.74, 6) is 1.48. The Labute approximate surface area is 169 Å². The van der Waals surface area contributed by atoms with Crippen LogP contribution in [0.2, 0.25) is 0 Å². The molecule has 0 aromatic carbocycles. The highest BCUT2D eigenvalue weighted by atomic mass is 32.2. The highest BCUT2D eigenvalue weighted by Crippen LogP contribution is 2.51. The molecule has 0 unspecified atom stereocenters. The Bertz CT molecular complexity index is 1070. The van der Waals surface area contributed by atoms with Crippen molar-refractivity contribution in [3.05, 3.63) is 29.7 Å². The van der Waals surface area contributed by atoms with Gasteiger partial charge < -0.3 is 14.8 Å². The van der Waals surface area contributed by atoms with E-state index in [1.165, 1.54) is 34.0 Å². The number of primary amides is 1. The van der Waals surface area contributed by atoms with Crippen molar-refractivity contribution in [2.75, 3.05) is 13.1 Å². The summed E-state index contributed by atoms with van der Waals surface area (Å²) in [4.78, 5) is 16.3. The first-order valence-corrected chi connectivity index (χ1v) is 11.5. The second-order valence-corrected chi connectivity index (χ2v) is 10.7. The fourth-order valence-corrected chi connectivity index (χ4v) is 6.59. The summed E-state index contributed by atoms with van der Waals surface area (Å²) < 4.78 is 35.2. The second-order valence-electron chi connectivity index (χ2n) is 8.74. The van der Waals surface area contributed by atoms with Crippen molar-refractivity contribution < 1.29 is 17.7 Å². The van der Waals surface area contributed by atoms with E-state index in [2.05, 4.69) is 10.1 Å². The third-order valence-corrected chi connectivity index (χ3v) is 8.55. The molecule has 1 amide bonds. The molecule has 2 aromatic heterocycles. The lowest BCUT2D eigenvalue weighted by Crippen LogP contribution is -2.34. The fraction of sp³-hybridized carbons (Fsp3) is 0.632. The number of aromatic nitrogens is 3. The molecule has 2 saturated carbocycles. The fourth-order valence-electron chi connectivity index (χ4n) is 4.96. The van der Waals surface area contributed by atoms with Gasteiger partial charge in [0.05, 0.1) is 5.41 Å². The predicted molar refractivity (Wildman–Crippen MR) is 102 cm³/mol. The van der Waals surface area contributed by atoms with Crippen LogP contribution in [0.25, 0.3) is 0 Å². The van der Waals surface area contributed by atoms with E-state index in [0.717, 1.165) is 31.5 Å². The van der Waals surface area contributed by atoms with E-state index in [-0.39, 0.29) is 16.5 Å². The molecule has 29 heavy (non-hydrogen) atoms. The zero-order chi connectivity index (χ0) is 20.4. The van der Waals surface area contributed by atoms with E-state index >= 15 is 0 Å². The van der Waals surface area contributed by atoms with Crippen molar-refractivity contribution in [2.45, 2.75) is 48.8 Å². The Morgan fingerprint density at radius 3 is 2.86 bits per heavy atom. The minimum absolute atomic E-state index is 0.0869. The van der Waals surface area contributed by atoms with Gasteiger partial charge in [0.15, 0.2) is 5.82 Å². The number of rotatable bonds is 6. The van der Waals surface area contributed by atoms with Crippen molar-refractivity contribution in [2.24, 2.45) is 24.6 Å². The number of amides is 1. The van der Waals surface area contributed by atoms with E-state index in [9.17, 15) is 13.2 Å². The van der Waals surface area contributed by atoms with Gasteiger partial charge in [-0.05, 0) is 43.6 Å². The minimum Gasteiger partial charge on any atom is -0.364 e. The lowest BCUT2D eigenvalue weighted by Gasteiger charge is -2.24. The molecule has 2 aliphatic carbocycles. The molecule has 3 aliphatic rings. The summed E-state index contributed by atoms with van der Waals surface area (Å²) in [5.41, 5.74) is 5.09. The van der Waals surface area contributed by atoms with Gasteiger partial charge in [0, 0.05) is 32.8 Å². The summed E-state index contributed by atoms with van der Waals surface area (Å²) in [7, 11) is -2.14. The molecule has 3 heterocycles. The third-order valence-electron chi connectivity index (χ3n) is 6.77. The zero-order valence-corrected chi connectivity index (χ0v) is 17.2. The van der Waals surface area contributed by atoms with Gasteiger partial charge in [0.1, 0.15) is 10.6 Å². The molecule has 10 heteroatoms. The second kappa shape index (κ2) is 6.40. The standard InChI is InChI=1S/C19H25N5O4S/c1-23-10-14(8-15(23)17(20)25)29(26,27)24-9-13-3-2-6-19(13,11-24)18-21-16(22-28-18)7-12-4-5-12/h8,10,12-13H,2-7,9,11H2,1H3,(H2,20,25)/t13-,19-/m1/s1. The Morgan fingerprint density at radius 1 is 1.38 bits per heavy atom. The van der Waals surface area contributed by atoms with Crippen LogP contribution in [0.4, 0.5) is 0 Å². The molecule has 2 N–H and O–H groups in total. The van der Waals surface area contributed by atoms with E-state index < -0.39 is 21.3 Å². The third kappa shape index (κ3) is 3.00. The Balaban J connectivity index is 1.44. The van der Waals surface area contributed by atoms with Crippen molar-refractivity contribution in [3.63, 3.8) is 0 Å². The number of nitrogens with two attached hydrogens (primary N) is 1. The van der Waals surface area contributed by atoms with E-state index in [0.29, 0.717) is 24.9 Å². The maximum Gasteiger partial charge on any atom is 0.265 e. The van der Waals surface area contributed by atoms with Gasteiger partial charge in [0.25, 0.3) is 5.91 Å². The van der Waals surface area contributed by atoms with Crippen LogP contribution in [0.5, 0.6) is 0 Å². The first kappa shape index (κ1) is 18.8. The number of nitrogens with zero attached hydrogens (tertiary/aromatic N) is 4. The van der Waals surface area contributed by atoms with E-state index in [1.54, 1.807) is 7.05 Å². The van der Waals surface area contributed by atoms with Crippen molar-refractivity contribution in [3.8, 4) is 0 Å². The predicted octanol–water partition coefficient (Wildman–Crippen LogP) is 1.20. The summed E-state index contributed by atoms with van der Waals surface area (Å²) in [6.45, 7) is 0.745. The molecule has 0 bridgehead atoms. The number of carbonyl (C=O) groups is 1. The summed E-state index contributed by atoms with van der Waals surface area (Å²) in [5, 5.41) is 4.17. The zero-order valence-electron chi connectivity index (χ0n) is 16.4. The lowest BCUT2D eigenvalue weighted by atomic mass is 9.80. The van der Waals surface area contributed by atoms with Crippen molar-refractivity contribution >= 4 is 15.9 Å². The van der Waals surface area contributed by atoms with Crippen LogP contribution in [0.1, 0.15) is 54.3 Å². The monoisotopic (exact) mass is 419 g/mol. The SMILES string of the molecule is Cn1cc(S(=O)(=O)N2C[C@H]3CCC[C@@]3(c3nc(CC4CC4)no3)C2)cc1C(N)=O. The van der Waals surface area contributed by atoms with Crippen LogP contribution in [-0.4, -0.2) is 46.4 Å². The number of fused-ring (bicyclic) bond motifs is 1. The highest BCUT2D eigenvalue weighted by molar-refractivity contribution is 7.89. The molecule has 156 valence electrons. The van der Waals surface area contributed by atoms with Gasteiger partial charge in [-0.2, -0.15) is 9.29 Å². The van der Waals surface area contributed by atoms with Crippen molar-refractivity contribution in [1.82, 2.24) is 19.0 Å². The highest BCUT2D eigenvalue weighted by Gasteiger charge is 2.56. The number of aryl methyl sites for hydroxylation is 1.